The van der Waals surface area contributed by atoms with E-state index in [1.807, 2.05) is 41.8 Å². The van der Waals surface area contributed by atoms with Crippen LogP contribution in [0.4, 0.5) is 5.88 Å². The second kappa shape index (κ2) is 5.07. The van der Waals surface area contributed by atoms with E-state index in [-0.39, 0.29) is 5.91 Å². The highest BCUT2D eigenvalue weighted by atomic mass is 32.1. The first-order valence-corrected chi connectivity index (χ1v) is 6.57. The lowest BCUT2D eigenvalue weighted by molar-refractivity contribution is 0.102. The molecule has 0 aliphatic heterocycles. The Morgan fingerprint density at radius 1 is 1.16 bits per heavy atom. The van der Waals surface area contributed by atoms with Gasteiger partial charge in [0, 0.05) is 0 Å². The second-order valence-corrected chi connectivity index (χ2v) is 4.81. The average molecular weight is 270 g/mol. The minimum Gasteiger partial charge on any atom is -0.338 e. The highest BCUT2D eigenvalue weighted by Crippen LogP contribution is 2.28. The number of hydrogen-bond acceptors (Lipinski definition) is 4. The smallest absolute Gasteiger partial charge is 0.268 e. The molecule has 0 bridgehead atoms. The number of carbonyl (C=O) groups is 1. The predicted molar refractivity (Wildman–Crippen MR) is 74.2 cm³/mol. The zero-order valence-corrected chi connectivity index (χ0v) is 10.7. The molecule has 19 heavy (non-hydrogen) atoms. The fraction of sp³-hybridized carbons (Fsp3) is 0. The summed E-state index contributed by atoms with van der Waals surface area (Å²) in [5.74, 6) is 0.175. The van der Waals surface area contributed by atoms with E-state index >= 15 is 0 Å². The molecule has 0 saturated heterocycles. The van der Waals surface area contributed by atoms with Crippen molar-refractivity contribution in [1.29, 1.82) is 0 Å². The van der Waals surface area contributed by atoms with Crippen molar-refractivity contribution >= 4 is 23.1 Å². The SMILES string of the molecule is O=C(Nc1oncc1-c1ccccc1)c1cccs1. The molecular weight excluding hydrogens is 260 g/mol. The molecule has 0 unspecified atom stereocenters. The Balaban J connectivity index is 1.87. The maximum absolute atomic E-state index is 12.0. The van der Waals surface area contributed by atoms with Gasteiger partial charge in [0.1, 0.15) is 0 Å². The van der Waals surface area contributed by atoms with E-state index in [1.165, 1.54) is 11.3 Å². The van der Waals surface area contributed by atoms with E-state index in [0.717, 1.165) is 11.1 Å². The van der Waals surface area contributed by atoms with Crippen molar-refractivity contribution in [3.8, 4) is 11.1 Å². The highest BCUT2D eigenvalue weighted by molar-refractivity contribution is 7.12. The summed E-state index contributed by atoms with van der Waals surface area (Å²) in [7, 11) is 0. The predicted octanol–water partition coefficient (Wildman–Crippen LogP) is 3.66. The van der Waals surface area contributed by atoms with Gasteiger partial charge in [0.25, 0.3) is 5.91 Å². The van der Waals surface area contributed by atoms with Crippen molar-refractivity contribution in [2.24, 2.45) is 0 Å². The first-order valence-electron chi connectivity index (χ1n) is 5.69. The van der Waals surface area contributed by atoms with Gasteiger partial charge in [0.05, 0.1) is 16.6 Å². The molecule has 1 amide bonds. The lowest BCUT2D eigenvalue weighted by Gasteiger charge is -2.02. The zero-order valence-electron chi connectivity index (χ0n) is 9.87. The van der Waals surface area contributed by atoms with Crippen LogP contribution >= 0.6 is 11.3 Å². The summed E-state index contributed by atoms with van der Waals surface area (Å²) in [5.41, 5.74) is 1.72. The number of carbonyl (C=O) groups excluding carboxylic acids is 1. The van der Waals surface area contributed by atoms with Crippen molar-refractivity contribution in [3.05, 3.63) is 58.9 Å². The summed E-state index contributed by atoms with van der Waals surface area (Å²) < 4.78 is 5.11. The van der Waals surface area contributed by atoms with Crippen molar-refractivity contribution < 1.29 is 9.32 Å². The molecule has 3 rings (SSSR count). The van der Waals surface area contributed by atoms with Gasteiger partial charge in [-0.1, -0.05) is 41.6 Å². The number of amides is 1. The number of aromatic nitrogens is 1. The summed E-state index contributed by atoms with van der Waals surface area (Å²) in [6.07, 6.45) is 1.60. The van der Waals surface area contributed by atoms with Gasteiger partial charge in [-0.3, -0.25) is 10.1 Å². The molecule has 4 nitrogen and oxygen atoms in total. The summed E-state index contributed by atoms with van der Waals surface area (Å²) in [5, 5.41) is 8.33. The van der Waals surface area contributed by atoms with E-state index in [9.17, 15) is 4.79 Å². The van der Waals surface area contributed by atoms with Crippen molar-refractivity contribution in [2.75, 3.05) is 5.32 Å². The van der Waals surface area contributed by atoms with Crippen molar-refractivity contribution in [1.82, 2.24) is 5.16 Å². The van der Waals surface area contributed by atoms with Gasteiger partial charge in [-0.15, -0.1) is 11.3 Å². The number of benzene rings is 1. The standard InChI is InChI=1S/C14H10N2O2S/c17-13(12-7-4-8-19-12)16-14-11(9-15-18-14)10-5-2-1-3-6-10/h1-9H,(H,16,17). The minimum absolute atomic E-state index is 0.191. The molecule has 0 atom stereocenters. The van der Waals surface area contributed by atoms with Gasteiger partial charge < -0.3 is 4.52 Å². The molecule has 0 fully saturated rings. The molecule has 5 heteroatoms. The minimum atomic E-state index is -0.191. The van der Waals surface area contributed by atoms with Crippen LogP contribution in [0.2, 0.25) is 0 Å². The van der Waals surface area contributed by atoms with Crippen LogP contribution in [0.15, 0.2) is 58.6 Å². The molecule has 0 aliphatic carbocycles. The number of nitrogens with one attached hydrogen (secondary N) is 1. The highest BCUT2D eigenvalue weighted by Gasteiger charge is 2.14. The molecule has 1 N–H and O–H groups in total. The average Bonchev–Trinajstić information content (AvgIpc) is 3.11. The van der Waals surface area contributed by atoms with Crippen LogP contribution in [0, 0.1) is 0 Å². The van der Waals surface area contributed by atoms with Gasteiger partial charge in [-0.05, 0) is 17.0 Å². The van der Waals surface area contributed by atoms with E-state index < -0.39 is 0 Å². The molecular formula is C14H10N2O2S. The number of nitrogens with zero attached hydrogens (tertiary/aromatic N) is 1. The summed E-state index contributed by atoms with van der Waals surface area (Å²) in [4.78, 5) is 12.6. The number of rotatable bonds is 3. The number of anilines is 1. The molecule has 0 aliphatic rings. The quantitative estimate of drug-likeness (QED) is 0.790. The second-order valence-electron chi connectivity index (χ2n) is 3.87. The first kappa shape index (κ1) is 11.7. The fourth-order valence-corrected chi connectivity index (χ4v) is 2.34. The van der Waals surface area contributed by atoms with Crippen LogP contribution in [-0.2, 0) is 0 Å². The Morgan fingerprint density at radius 3 is 2.74 bits per heavy atom. The van der Waals surface area contributed by atoms with Gasteiger partial charge in [0.15, 0.2) is 0 Å². The van der Waals surface area contributed by atoms with E-state index in [2.05, 4.69) is 10.5 Å². The maximum Gasteiger partial charge on any atom is 0.268 e. The van der Waals surface area contributed by atoms with Crippen LogP contribution in [-0.4, -0.2) is 11.1 Å². The monoisotopic (exact) mass is 270 g/mol. The molecule has 0 saturated carbocycles. The molecule has 0 spiro atoms. The maximum atomic E-state index is 12.0. The zero-order chi connectivity index (χ0) is 13.1. The Hall–Kier alpha value is -2.40. The van der Waals surface area contributed by atoms with E-state index in [4.69, 9.17) is 4.52 Å². The Kier molecular flexibility index (Phi) is 3.12. The molecule has 94 valence electrons. The molecule has 1 aromatic carbocycles. The third-order valence-corrected chi connectivity index (χ3v) is 3.50. The Morgan fingerprint density at radius 2 is 2.00 bits per heavy atom. The number of thiophene rings is 1. The van der Waals surface area contributed by atoms with Crippen LogP contribution in [0.3, 0.4) is 0 Å². The molecule has 3 aromatic rings. The Bertz CT molecular complexity index is 675. The van der Waals surface area contributed by atoms with Crippen LogP contribution < -0.4 is 5.32 Å². The van der Waals surface area contributed by atoms with Crippen LogP contribution in [0.5, 0.6) is 0 Å². The van der Waals surface area contributed by atoms with Crippen LogP contribution in [0.25, 0.3) is 11.1 Å². The third-order valence-electron chi connectivity index (χ3n) is 2.63. The largest absolute Gasteiger partial charge is 0.338 e. The molecule has 2 heterocycles. The van der Waals surface area contributed by atoms with Gasteiger partial charge in [-0.25, -0.2) is 0 Å². The molecule has 2 aromatic heterocycles. The summed E-state index contributed by atoms with van der Waals surface area (Å²) >= 11 is 1.38. The van der Waals surface area contributed by atoms with Crippen molar-refractivity contribution in [3.63, 3.8) is 0 Å². The summed E-state index contributed by atoms with van der Waals surface area (Å²) in [6.45, 7) is 0. The lowest BCUT2D eigenvalue weighted by Crippen LogP contribution is -2.10. The third kappa shape index (κ3) is 2.41. The van der Waals surface area contributed by atoms with Gasteiger partial charge in [-0.2, -0.15) is 0 Å². The fourth-order valence-electron chi connectivity index (χ4n) is 1.73. The normalized spacial score (nSPS) is 10.3. The lowest BCUT2D eigenvalue weighted by atomic mass is 10.1. The summed E-state index contributed by atoms with van der Waals surface area (Å²) in [6, 6.07) is 13.2. The van der Waals surface area contributed by atoms with Gasteiger partial charge >= 0.3 is 0 Å². The van der Waals surface area contributed by atoms with Gasteiger partial charge in [0.2, 0.25) is 5.88 Å². The molecule has 0 radical (unpaired) electrons. The van der Waals surface area contributed by atoms with E-state index in [0.29, 0.717) is 10.8 Å². The van der Waals surface area contributed by atoms with Crippen molar-refractivity contribution in [2.45, 2.75) is 0 Å². The number of hydrogen-bond donors (Lipinski definition) is 1. The van der Waals surface area contributed by atoms with Crippen LogP contribution in [0.1, 0.15) is 9.67 Å². The first-order chi connectivity index (χ1) is 9.34. The Labute approximate surface area is 113 Å². The van der Waals surface area contributed by atoms with E-state index in [1.54, 1.807) is 12.3 Å². The topological polar surface area (TPSA) is 55.1 Å².